The first kappa shape index (κ1) is 15.5. The molecule has 0 aromatic heterocycles. The van der Waals surface area contributed by atoms with E-state index in [0.717, 1.165) is 10.0 Å². The molecule has 0 bridgehead atoms. The van der Waals surface area contributed by atoms with Crippen molar-refractivity contribution in [1.82, 2.24) is 15.3 Å². The maximum atomic E-state index is 12.2. The molecular weight excluding hydrogens is 290 g/mol. The van der Waals surface area contributed by atoms with Crippen LogP contribution >= 0.6 is 0 Å². The summed E-state index contributed by atoms with van der Waals surface area (Å²) in [5, 5.41) is 3.91. The number of ether oxygens (including phenoxy) is 1. The second-order valence-electron chi connectivity index (χ2n) is 4.69. The van der Waals surface area contributed by atoms with Gasteiger partial charge < -0.3 is 10.1 Å². The van der Waals surface area contributed by atoms with Crippen LogP contribution in [0.5, 0.6) is 0 Å². The highest BCUT2D eigenvalue weighted by molar-refractivity contribution is 6.21. The van der Waals surface area contributed by atoms with E-state index in [-0.39, 0.29) is 11.1 Å². The zero-order chi connectivity index (χ0) is 16.4. The number of nitrogens with zero attached hydrogens (tertiary/aromatic N) is 2. The number of hydrogen-bond acceptors (Lipinski definition) is 5. The second-order valence-corrected chi connectivity index (χ2v) is 4.69. The van der Waals surface area contributed by atoms with E-state index in [1.807, 2.05) is 0 Å². The molecular formula is C14H15N3O5. The number of rotatable bonds is 3. The minimum atomic E-state index is -0.907. The van der Waals surface area contributed by atoms with E-state index < -0.39 is 29.9 Å². The third-order valence-corrected chi connectivity index (χ3v) is 3.26. The molecule has 1 N–H and O–H groups in total. The molecule has 0 saturated carbocycles. The molecule has 1 aromatic carbocycles. The predicted octanol–water partition coefficient (Wildman–Crippen LogP) is 0.400. The number of hydrazine groups is 1. The van der Waals surface area contributed by atoms with E-state index in [1.165, 1.54) is 33.2 Å². The van der Waals surface area contributed by atoms with Crippen LogP contribution in [0.15, 0.2) is 24.3 Å². The van der Waals surface area contributed by atoms with Crippen molar-refractivity contribution in [3.63, 3.8) is 0 Å². The number of carbonyl (C=O) groups is 4. The Kier molecular flexibility index (Phi) is 4.11. The molecule has 1 aliphatic rings. The molecule has 0 aliphatic carbocycles. The molecule has 8 nitrogen and oxygen atoms in total. The van der Waals surface area contributed by atoms with Crippen LogP contribution in [-0.2, 0) is 9.53 Å². The molecule has 1 aliphatic heterocycles. The maximum absolute atomic E-state index is 12.2. The lowest BCUT2D eigenvalue weighted by atomic mass is 10.1. The number of esters is 1. The van der Waals surface area contributed by atoms with Gasteiger partial charge in [0.2, 0.25) is 0 Å². The standard InChI is InChI=1S/C14H15N3O5/c1-8(13(20)22-3)15-14(21)16(2)17-11(18)9-6-4-5-7-10(9)12(17)19/h4-8H,1-3H3,(H,15,21)/t8-/m0/s1. The summed E-state index contributed by atoms with van der Waals surface area (Å²) in [5.41, 5.74) is 0.460. The van der Waals surface area contributed by atoms with E-state index in [4.69, 9.17) is 0 Å². The molecule has 8 heteroatoms. The number of imide groups is 1. The van der Waals surface area contributed by atoms with Gasteiger partial charge in [-0.2, -0.15) is 5.01 Å². The summed E-state index contributed by atoms with van der Waals surface area (Å²) in [6.45, 7) is 1.43. The predicted molar refractivity (Wildman–Crippen MR) is 74.7 cm³/mol. The Bertz CT molecular complexity index is 623. The van der Waals surface area contributed by atoms with Crippen molar-refractivity contribution in [2.24, 2.45) is 0 Å². The average Bonchev–Trinajstić information content (AvgIpc) is 2.77. The quantitative estimate of drug-likeness (QED) is 0.644. The van der Waals surface area contributed by atoms with Gasteiger partial charge >= 0.3 is 12.0 Å². The van der Waals surface area contributed by atoms with Gasteiger partial charge in [-0.25, -0.2) is 14.6 Å². The first-order chi connectivity index (χ1) is 10.4. The third-order valence-electron chi connectivity index (χ3n) is 3.26. The van der Waals surface area contributed by atoms with Gasteiger partial charge in [-0.05, 0) is 19.1 Å². The fourth-order valence-corrected chi connectivity index (χ4v) is 2.05. The largest absolute Gasteiger partial charge is 0.467 e. The second kappa shape index (κ2) is 5.84. The van der Waals surface area contributed by atoms with E-state index in [2.05, 4.69) is 10.1 Å². The summed E-state index contributed by atoms with van der Waals surface area (Å²) in [6.07, 6.45) is 0. The summed E-state index contributed by atoms with van der Waals surface area (Å²) in [6, 6.07) is 4.61. The Morgan fingerprint density at radius 2 is 1.68 bits per heavy atom. The van der Waals surface area contributed by atoms with Gasteiger partial charge in [0, 0.05) is 7.05 Å². The minimum absolute atomic E-state index is 0.230. The van der Waals surface area contributed by atoms with Gasteiger partial charge in [-0.15, -0.1) is 0 Å². The summed E-state index contributed by atoms with van der Waals surface area (Å²) < 4.78 is 4.49. The van der Waals surface area contributed by atoms with Crippen molar-refractivity contribution >= 4 is 23.8 Å². The number of hydrogen-bond donors (Lipinski definition) is 1. The van der Waals surface area contributed by atoms with Gasteiger partial charge in [-0.1, -0.05) is 12.1 Å². The highest BCUT2D eigenvalue weighted by Crippen LogP contribution is 2.23. The van der Waals surface area contributed by atoms with Crippen LogP contribution in [0.2, 0.25) is 0 Å². The van der Waals surface area contributed by atoms with Crippen LogP contribution in [0, 0.1) is 0 Å². The van der Waals surface area contributed by atoms with Gasteiger partial charge in [0.05, 0.1) is 18.2 Å². The normalized spacial score (nSPS) is 14.4. The van der Waals surface area contributed by atoms with Crippen LogP contribution in [0.3, 0.4) is 0 Å². The van der Waals surface area contributed by atoms with Crippen LogP contribution < -0.4 is 5.32 Å². The first-order valence-electron chi connectivity index (χ1n) is 6.48. The molecule has 1 atom stereocenters. The molecule has 0 unspecified atom stereocenters. The summed E-state index contributed by atoms with van der Waals surface area (Å²) in [5.74, 6) is -1.82. The third kappa shape index (κ3) is 2.50. The first-order valence-corrected chi connectivity index (χ1v) is 6.48. The van der Waals surface area contributed by atoms with E-state index in [1.54, 1.807) is 12.1 Å². The van der Waals surface area contributed by atoms with Gasteiger partial charge in [0.25, 0.3) is 11.8 Å². The van der Waals surface area contributed by atoms with Gasteiger partial charge in [-0.3, -0.25) is 9.59 Å². The zero-order valence-electron chi connectivity index (χ0n) is 12.3. The van der Waals surface area contributed by atoms with Crippen molar-refractivity contribution < 1.29 is 23.9 Å². The average molecular weight is 305 g/mol. The number of amides is 4. The van der Waals surface area contributed by atoms with Gasteiger partial charge in [0.1, 0.15) is 6.04 Å². The molecule has 4 amide bonds. The van der Waals surface area contributed by atoms with Gasteiger partial charge in [0.15, 0.2) is 0 Å². The fourth-order valence-electron chi connectivity index (χ4n) is 2.05. The van der Waals surface area contributed by atoms with Crippen LogP contribution in [0.25, 0.3) is 0 Å². The molecule has 0 radical (unpaired) electrons. The molecule has 0 saturated heterocycles. The van der Waals surface area contributed by atoms with Crippen LogP contribution in [-0.4, -0.2) is 54.0 Å². The highest BCUT2D eigenvalue weighted by Gasteiger charge is 2.40. The molecule has 0 spiro atoms. The fraction of sp³-hybridized carbons (Fsp3) is 0.286. The molecule has 22 heavy (non-hydrogen) atoms. The molecule has 1 heterocycles. The monoisotopic (exact) mass is 305 g/mol. The van der Waals surface area contributed by atoms with E-state index in [9.17, 15) is 19.2 Å². The van der Waals surface area contributed by atoms with Crippen LogP contribution in [0.1, 0.15) is 27.6 Å². The summed E-state index contributed by atoms with van der Waals surface area (Å²) in [4.78, 5) is 47.8. The number of benzene rings is 1. The van der Waals surface area contributed by atoms with E-state index >= 15 is 0 Å². The van der Waals surface area contributed by atoms with Crippen LogP contribution in [0.4, 0.5) is 4.79 Å². The number of urea groups is 1. The zero-order valence-corrected chi connectivity index (χ0v) is 12.3. The van der Waals surface area contributed by atoms with Crippen molar-refractivity contribution in [2.75, 3.05) is 14.2 Å². The maximum Gasteiger partial charge on any atom is 0.337 e. The van der Waals surface area contributed by atoms with Crippen molar-refractivity contribution in [1.29, 1.82) is 0 Å². The molecule has 0 fully saturated rings. The minimum Gasteiger partial charge on any atom is -0.467 e. The molecule has 116 valence electrons. The Balaban J connectivity index is 2.16. The number of methoxy groups -OCH3 is 1. The lowest BCUT2D eigenvalue weighted by Crippen LogP contribution is -2.54. The Morgan fingerprint density at radius 3 is 2.14 bits per heavy atom. The molecule has 2 rings (SSSR count). The van der Waals surface area contributed by atoms with E-state index in [0.29, 0.717) is 0 Å². The smallest absolute Gasteiger partial charge is 0.337 e. The SMILES string of the molecule is COC(=O)[C@H](C)NC(=O)N(C)N1C(=O)c2ccccc2C1=O. The molecule has 1 aromatic rings. The number of carbonyl (C=O) groups excluding carboxylic acids is 4. The highest BCUT2D eigenvalue weighted by atomic mass is 16.5. The number of fused-ring (bicyclic) bond motifs is 1. The van der Waals surface area contributed by atoms with Crippen molar-refractivity contribution in [3.05, 3.63) is 35.4 Å². The lowest BCUT2D eigenvalue weighted by Gasteiger charge is -2.27. The Labute approximate surface area is 126 Å². The summed E-state index contributed by atoms with van der Waals surface area (Å²) >= 11 is 0. The van der Waals surface area contributed by atoms with Crippen molar-refractivity contribution in [2.45, 2.75) is 13.0 Å². The van der Waals surface area contributed by atoms with Crippen molar-refractivity contribution in [3.8, 4) is 0 Å². The Hall–Kier alpha value is -2.90. The Morgan fingerprint density at radius 1 is 1.18 bits per heavy atom. The number of nitrogens with one attached hydrogen (secondary N) is 1. The summed E-state index contributed by atoms with van der Waals surface area (Å²) in [7, 11) is 2.46. The lowest BCUT2D eigenvalue weighted by molar-refractivity contribution is -0.142. The topological polar surface area (TPSA) is 96.0 Å².